The zero-order valence-electron chi connectivity index (χ0n) is 17.8. The Hall–Kier alpha value is -2.84. The number of aromatic nitrogens is 4. The molecule has 2 aliphatic heterocycles. The van der Waals surface area contributed by atoms with Gasteiger partial charge in [-0.05, 0) is 44.5 Å². The molecule has 1 unspecified atom stereocenters. The minimum atomic E-state index is 0. The van der Waals surface area contributed by atoms with Gasteiger partial charge in [-0.25, -0.2) is 15.0 Å². The monoisotopic (exact) mass is 442 g/mol. The topological polar surface area (TPSA) is 68.5 Å². The maximum Gasteiger partial charge on any atom is 0.235 e. The Labute approximate surface area is 188 Å². The fraction of sp³-hybridized carbons (Fsp3) is 0.409. The molecular weight excluding hydrogens is 416 g/mol. The largest absolute Gasteiger partial charge is 0.454 e. The molecule has 1 atom stereocenters. The molecule has 1 fully saturated rings. The number of nitrogens with zero attached hydrogens (tertiary/aromatic N) is 6. The Kier molecular flexibility index (Phi) is 6.29. The number of benzene rings is 1. The van der Waals surface area contributed by atoms with Gasteiger partial charge in [-0.15, -0.1) is 12.4 Å². The van der Waals surface area contributed by atoms with Gasteiger partial charge in [0.1, 0.15) is 6.33 Å². The quantitative estimate of drug-likeness (QED) is 0.579. The molecule has 0 radical (unpaired) electrons. The van der Waals surface area contributed by atoms with E-state index in [1.54, 1.807) is 12.5 Å². The molecule has 0 amide bonds. The van der Waals surface area contributed by atoms with Crippen molar-refractivity contribution in [2.75, 3.05) is 38.4 Å². The van der Waals surface area contributed by atoms with Crippen LogP contribution >= 0.6 is 12.4 Å². The average molecular weight is 443 g/mol. The molecule has 0 saturated carbocycles. The number of hydrogen-bond donors (Lipinski definition) is 0. The van der Waals surface area contributed by atoms with E-state index in [0.29, 0.717) is 18.8 Å². The second kappa shape index (κ2) is 9.11. The summed E-state index contributed by atoms with van der Waals surface area (Å²) in [4.78, 5) is 18.4. The van der Waals surface area contributed by atoms with Crippen LogP contribution in [0.3, 0.4) is 0 Å². The number of hydrogen-bond acceptors (Lipinski definition) is 7. The van der Waals surface area contributed by atoms with Crippen LogP contribution in [0.1, 0.15) is 30.3 Å². The number of anilines is 1. The average Bonchev–Trinajstić information content (AvgIpc) is 3.52. The molecule has 0 bridgehead atoms. The first-order valence-electron chi connectivity index (χ1n) is 10.4. The lowest BCUT2D eigenvalue weighted by Gasteiger charge is -2.28. The van der Waals surface area contributed by atoms with Crippen LogP contribution in [0.15, 0.2) is 43.0 Å². The summed E-state index contributed by atoms with van der Waals surface area (Å²) in [6, 6.07) is 8.55. The lowest BCUT2D eigenvalue weighted by Crippen LogP contribution is -2.33. The number of fused-ring (bicyclic) bond motifs is 1. The van der Waals surface area contributed by atoms with E-state index in [-0.39, 0.29) is 12.4 Å². The van der Waals surface area contributed by atoms with Gasteiger partial charge in [-0.2, -0.15) is 0 Å². The minimum Gasteiger partial charge on any atom is -0.454 e. The normalized spacial score (nSPS) is 17.5. The first-order chi connectivity index (χ1) is 14.7. The fourth-order valence-corrected chi connectivity index (χ4v) is 4.20. The minimum absolute atomic E-state index is 0. The summed E-state index contributed by atoms with van der Waals surface area (Å²) >= 11 is 0. The molecule has 0 N–H and O–H groups in total. The van der Waals surface area contributed by atoms with Crippen molar-refractivity contribution in [2.24, 2.45) is 0 Å². The number of imidazole rings is 1. The van der Waals surface area contributed by atoms with Gasteiger partial charge in [0.2, 0.25) is 12.7 Å². The summed E-state index contributed by atoms with van der Waals surface area (Å²) in [5, 5.41) is 0. The highest BCUT2D eigenvalue weighted by atomic mass is 35.5. The molecule has 9 heteroatoms. The highest BCUT2D eigenvalue weighted by molar-refractivity contribution is 5.85. The van der Waals surface area contributed by atoms with Crippen LogP contribution < -0.4 is 14.4 Å². The third-order valence-corrected chi connectivity index (χ3v) is 5.82. The van der Waals surface area contributed by atoms with Gasteiger partial charge in [-0.1, -0.05) is 0 Å². The van der Waals surface area contributed by atoms with Crippen molar-refractivity contribution in [2.45, 2.75) is 25.8 Å². The molecule has 2 aliphatic rings. The summed E-state index contributed by atoms with van der Waals surface area (Å²) < 4.78 is 12.8. The van der Waals surface area contributed by atoms with Gasteiger partial charge >= 0.3 is 0 Å². The van der Waals surface area contributed by atoms with E-state index in [2.05, 4.69) is 45.0 Å². The molecule has 0 spiro atoms. The third-order valence-electron chi connectivity index (χ3n) is 5.82. The van der Waals surface area contributed by atoms with E-state index in [9.17, 15) is 0 Å². The standard InChI is InChI=1S/C22H26N6O2.ClH/c1-16-12-18(25-22(24-16)28-9-7-23-14-28)19-4-3-8-27(19)11-10-26(2)17-5-6-20-21(13-17)30-15-29-20;/h5-7,9,12-14,19H,3-4,8,10-11,15H2,1-2H3;1H. The Morgan fingerprint density at radius 1 is 1.16 bits per heavy atom. The SMILES string of the molecule is Cc1cc(C2CCCN2CCN(C)c2ccc3c(c2)OCO3)nc(-n2ccnc2)n1.Cl. The smallest absolute Gasteiger partial charge is 0.235 e. The summed E-state index contributed by atoms with van der Waals surface area (Å²) in [6.45, 7) is 5.31. The molecule has 5 rings (SSSR count). The Bertz CT molecular complexity index is 1030. The van der Waals surface area contributed by atoms with Crippen molar-refractivity contribution in [1.29, 1.82) is 0 Å². The molecule has 3 aromatic rings. The van der Waals surface area contributed by atoms with Gasteiger partial charge in [-0.3, -0.25) is 9.47 Å². The van der Waals surface area contributed by atoms with Crippen molar-refractivity contribution in [3.05, 3.63) is 54.4 Å². The maximum absolute atomic E-state index is 5.52. The zero-order chi connectivity index (χ0) is 20.5. The Balaban J connectivity index is 0.00000231. The number of rotatable bonds is 6. The number of aryl methyl sites for hydroxylation is 1. The van der Waals surface area contributed by atoms with Gasteiger partial charge in [0.05, 0.1) is 11.7 Å². The van der Waals surface area contributed by atoms with Crippen molar-refractivity contribution >= 4 is 18.1 Å². The Morgan fingerprint density at radius 3 is 2.87 bits per heavy atom. The van der Waals surface area contributed by atoms with Crippen LogP contribution in [0.4, 0.5) is 5.69 Å². The first-order valence-corrected chi connectivity index (χ1v) is 10.4. The molecule has 0 aliphatic carbocycles. The molecule has 1 aromatic carbocycles. The van der Waals surface area contributed by atoms with Crippen LogP contribution in [-0.4, -0.2) is 57.9 Å². The predicted molar refractivity (Wildman–Crippen MR) is 121 cm³/mol. The second-order valence-electron chi connectivity index (χ2n) is 7.86. The Morgan fingerprint density at radius 2 is 2.03 bits per heavy atom. The number of likely N-dealkylation sites (N-methyl/N-ethyl adjacent to an activating group) is 1. The summed E-state index contributed by atoms with van der Waals surface area (Å²) in [5.74, 6) is 2.33. The van der Waals surface area contributed by atoms with E-state index in [1.165, 1.54) is 6.42 Å². The van der Waals surface area contributed by atoms with Crippen LogP contribution in [0.2, 0.25) is 0 Å². The van der Waals surface area contributed by atoms with E-state index in [0.717, 1.165) is 54.6 Å². The lowest BCUT2D eigenvalue weighted by atomic mass is 10.1. The van der Waals surface area contributed by atoms with Crippen molar-refractivity contribution in [3.8, 4) is 17.4 Å². The highest BCUT2D eigenvalue weighted by Gasteiger charge is 2.28. The molecule has 4 heterocycles. The lowest BCUT2D eigenvalue weighted by molar-refractivity contribution is 0.174. The van der Waals surface area contributed by atoms with Crippen molar-refractivity contribution in [3.63, 3.8) is 0 Å². The molecular formula is C22H27ClN6O2. The number of likely N-dealkylation sites (tertiary alicyclic amines) is 1. The number of ether oxygens (including phenoxy) is 2. The van der Waals surface area contributed by atoms with Gasteiger partial charge in [0, 0.05) is 50.0 Å². The van der Waals surface area contributed by atoms with Crippen LogP contribution in [0.25, 0.3) is 5.95 Å². The molecule has 2 aromatic heterocycles. The second-order valence-corrected chi connectivity index (χ2v) is 7.86. The van der Waals surface area contributed by atoms with Crippen molar-refractivity contribution in [1.82, 2.24) is 24.4 Å². The van der Waals surface area contributed by atoms with Crippen LogP contribution in [0.5, 0.6) is 11.5 Å². The predicted octanol–water partition coefficient (Wildman–Crippen LogP) is 3.39. The summed E-state index contributed by atoms with van der Waals surface area (Å²) in [5.41, 5.74) is 3.21. The fourth-order valence-electron chi connectivity index (χ4n) is 4.20. The zero-order valence-corrected chi connectivity index (χ0v) is 18.6. The van der Waals surface area contributed by atoms with Gasteiger partial charge in [0.25, 0.3) is 0 Å². The summed E-state index contributed by atoms with van der Waals surface area (Å²) in [7, 11) is 2.12. The van der Waals surface area contributed by atoms with Gasteiger partial charge in [0.15, 0.2) is 11.5 Å². The third kappa shape index (κ3) is 4.45. The maximum atomic E-state index is 5.52. The summed E-state index contributed by atoms with van der Waals surface area (Å²) in [6.07, 6.45) is 7.67. The molecule has 1 saturated heterocycles. The molecule has 164 valence electrons. The van der Waals surface area contributed by atoms with Crippen LogP contribution in [0, 0.1) is 6.92 Å². The van der Waals surface area contributed by atoms with E-state index >= 15 is 0 Å². The van der Waals surface area contributed by atoms with Crippen LogP contribution in [-0.2, 0) is 0 Å². The first kappa shape index (κ1) is 21.4. The molecule has 31 heavy (non-hydrogen) atoms. The highest BCUT2D eigenvalue weighted by Crippen LogP contribution is 2.35. The van der Waals surface area contributed by atoms with Crippen molar-refractivity contribution < 1.29 is 9.47 Å². The van der Waals surface area contributed by atoms with E-state index < -0.39 is 0 Å². The van der Waals surface area contributed by atoms with E-state index in [4.69, 9.17) is 14.5 Å². The molecule has 8 nitrogen and oxygen atoms in total. The van der Waals surface area contributed by atoms with E-state index in [1.807, 2.05) is 23.8 Å². The number of halogens is 1. The van der Waals surface area contributed by atoms with Gasteiger partial charge < -0.3 is 14.4 Å².